The van der Waals surface area contributed by atoms with Gasteiger partial charge >= 0.3 is 0 Å². The van der Waals surface area contributed by atoms with Gasteiger partial charge in [0.2, 0.25) is 0 Å². The minimum atomic E-state index is 0.719. The number of nitrogens with zero attached hydrogens (tertiary/aromatic N) is 2. The molecule has 2 rings (SSSR count). The first-order chi connectivity index (χ1) is 8.81. The van der Waals surface area contributed by atoms with Crippen molar-refractivity contribution in [1.82, 2.24) is 15.3 Å². The first-order valence-electron chi connectivity index (χ1n) is 5.89. The molecule has 0 radical (unpaired) electrons. The third kappa shape index (κ3) is 3.28. The van der Waals surface area contributed by atoms with Crippen molar-refractivity contribution in [3.8, 4) is 5.75 Å². The normalized spacial score (nSPS) is 10.3. The average molecular weight is 243 g/mol. The Bertz CT molecular complexity index is 497. The molecule has 4 nitrogen and oxygen atoms in total. The molecule has 0 spiro atoms. The van der Waals surface area contributed by atoms with E-state index in [4.69, 9.17) is 4.74 Å². The van der Waals surface area contributed by atoms with Gasteiger partial charge in [-0.05, 0) is 24.7 Å². The van der Waals surface area contributed by atoms with E-state index in [1.807, 2.05) is 43.7 Å². The highest BCUT2D eigenvalue weighted by atomic mass is 16.5. The van der Waals surface area contributed by atoms with Crippen molar-refractivity contribution in [2.45, 2.75) is 13.0 Å². The highest BCUT2D eigenvalue weighted by molar-refractivity contribution is 5.30. The van der Waals surface area contributed by atoms with E-state index >= 15 is 0 Å². The van der Waals surface area contributed by atoms with Crippen LogP contribution in [0.2, 0.25) is 0 Å². The molecule has 1 heterocycles. The summed E-state index contributed by atoms with van der Waals surface area (Å²) in [5.74, 6) is 1.68. The maximum Gasteiger partial charge on any atom is 0.132 e. The standard InChI is InChI=1S/C14H17N3O/c1-15-8-12-9-16-14(17-10-12)7-11-4-3-5-13(6-11)18-2/h3-6,9-10,15H,7-8H2,1-2H3. The zero-order chi connectivity index (χ0) is 12.8. The summed E-state index contributed by atoms with van der Waals surface area (Å²) in [6.07, 6.45) is 4.44. The first-order valence-corrected chi connectivity index (χ1v) is 5.89. The zero-order valence-corrected chi connectivity index (χ0v) is 10.7. The highest BCUT2D eigenvalue weighted by Crippen LogP contribution is 2.14. The van der Waals surface area contributed by atoms with Gasteiger partial charge in [-0.15, -0.1) is 0 Å². The second-order valence-electron chi connectivity index (χ2n) is 4.07. The van der Waals surface area contributed by atoms with Crippen molar-refractivity contribution in [3.63, 3.8) is 0 Å². The zero-order valence-electron chi connectivity index (χ0n) is 10.7. The Labute approximate surface area is 107 Å². The molecule has 4 heteroatoms. The number of ether oxygens (including phenoxy) is 1. The van der Waals surface area contributed by atoms with Gasteiger partial charge in [0.25, 0.3) is 0 Å². The molecule has 0 unspecified atom stereocenters. The van der Waals surface area contributed by atoms with Crippen LogP contribution in [0.25, 0.3) is 0 Å². The quantitative estimate of drug-likeness (QED) is 0.869. The summed E-state index contributed by atoms with van der Waals surface area (Å²) in [5, 5.41) is 3.07. The molecular weight excluding hydrogens is 226 g/mol. The molecule has 0 amide bonds. The lowest BCUT2D eigenvalue weighted by atomic mass is 10.1. The smallest absolute Gasteiger partial charge is 0.132 e. The van der Waals surface area contributed by atoms with Crippen molar-refractivity contribution < 1.29 is 4.74 Å². The number of aromatic nitrogens is 2. The van der Waals surface area contributed by atoms with Crippen molar-refractivity contribution in [2.75, 3.05) is 14.2 Å². The molecule has 0 bridgehead atoms. The Morgan fingerprint density at radius 1 is 1.17 bits per heavy atom. The molecule has 0 aliphatic rings. The predicted molar refractivity (Wildman–Crippen MR) is 70.6 cm³/mol. The average Bonchev–Trinajstić information content (AvgIpc) is 2.42. The van der Waals surface area contributed by atoms with Crippen molar-refractivity contribution in [3.05, 3.63) is 53.6 Å². The van der Waals surface area contributed by atoms with Crippen molar-refractivity contribution >= 4 is 0 Å². The lowest BCUT2D eigenvalue weighted by molar-refractivity contribution is 0.414. The lowest BCUT2D eigenvalue weighted by Gasteiger charge is -2.04. The molecule has 0 saturated heterocycles. The van der Waals surface area contributed by atoms with Crippen LogP contribution < -0.4 is 10.1 Å². The molecule has 0 atom stereocenters. The second kappa shape index (κ2) is 6.12. The Morgan fingerprint density at radius 3 is 2.61 bits per heavy atom. The van der Waals surface area contributed by atoms with Gasteiger partial charge in [0.1, 0.15) is 11.6 Å². The molecule has 0 aliphatic heterocycles. The molecule has 0 saturated carbocycles. The number of methoxy groups -OCH3 is 1. The van der Waals surface area contributed by atoms with Gasteiger partial charge in [0.15, 0.2) is 0 Å². The van der Waals surface area contributed by atoms with Gasteiger partial charge in [-0.25, -0.2) is 9.97 Å². The van der Waals surface area contributed by atoms with Crippen LogP contribution >= 0.6 is 0 Å². The van der Waals surface area contributed by atoms with E-state index in [1.54, 1.807) is 7.11 Å². The molecule has 1 aromatic heterocycles. The fourth-order valence-corrected chi connectivity index (χ4v) is 1.73. The van der Waals surface area contributed by atoms with E-state index in [0.717, 1.165) is 35.7 Å². The molecule has 0 aliphatic carbocycles. The van der Waals surface area contributed by atoms with Crippen molar-refractivity contribution in [1.29, 1.82) is 0 Å². The summed E-state index contributed by atoms with van der Waals surface area (Å²) >= 11 is 0. The molecule has 2 aromatic rings. The predicted octanol–water partition coefficient (Wildman–Crippen LogP) is 1.80. The van der Waals surface area contributed by atoms with Crippen LogP contribution in [0, 0.1) is 0 Å². The number of nitrogens with one attached hydrogen (secondary N) is 1. The molecule has 18 heavy (non-hydrogen) atoms. The highest BCUT2D eigenvalue weighted by Gasteiger charge is 2.01. The van der Waals surface area contributed by atoms with Crippen molar-refractivity contribution in [2.24, 2.45) is 0 Å². The van der Waals surface area contributed by atoms with E-state index in [2.05, 4.69) is 15.3 Å². The molecule has 94 valence electrons. The maximum absolute atomic E-state index is 5.19. The number of benzene rings is 1. The Hall–Kier alpha value is -1.94. The van der Waals surface area contributed by atoms with E-state index in [9.17, 15) is 0 Å². The lowest BCUT2D eigenvalue weighted by Crippen LogP contribution is -2.07. The van der Waals surface area contributed by atoms with Gasteiger partial charge < -0.3 is 10.1 Å². The number of rotatable bonds is 5. The Morgan fingerprint density at radius 2 is 1.94 bits per heavy atom. The summed E-state index contributed by atoms with van der Waals surface area (Å²) in [6, 6.07) is 7.96. The topological polar surface area (TPSA) is 47.0 Å². The van der Waals surface area contributed by atoms with Gasteiger partial charge in [0.05, 0.1) is 7.11 Å². The monoisotopic (exact) mass is 243 g/mol. The van der Waals surface area contributed by atoms with Gasteiger partial charge in [-0.2, -0.15) is 0 Å². The molecular formula is C14H17N3O. The number of hydrogen-bond acceptors (Lipinski definition) is 4. The van der Waals surface area contributed by atoms with Crippen LogP contribution in [0.4, 0.5) is 0 Å². The van der Waals surface area contributed by atoms with Gasteiger partial charge in [0, 0.05) is 30.9 Å². The third-order valence-electron chi connectivity index (χ3n) is 2.64. The van der Waals surface area contributed by atoms with E-state index < -0.39 is 0 Å². The second-order valence-corrected chi connectivity index (χ2v) is 4.07. The van der Waals surface area contributed by atoms with Crippen LogP contribution in [-0.2, 0) is 13.0 Å². The Balaban J connectivity index is 2.08. The molecule has 1 aromatic carbocycles. The summed E-state index contributed by atoms with van der Waals surface area (Å²) in [5.41, 5.74) is 2.24. The first kappa shape index (κ1) is 12.5. The molecule has 1 N–H and O–H groups in total. The fraction of sp³-hybridized carbons (Fsp3) is 0.286. The summed E-state index contributed by atoms with van der Waals surface area (Å²) in [7, 11) is 3.58. The Kier molecular flexibility index (Phi) is 4.25. The summed E-state index contributed by atoms with van der Waals surface area (Å²) in [4.78, 5) is 8.71. The fourth-order valence-electron chi connectivity index (χ4n) is 1.73. The van der Waals surface area contributed by atoms with Crippen LogP contribution in [0.15, 0.2) is 36.7 Å². The van der Waals surface area contributed by atoms with E-state index in [1.165, 1.54) is 0 Å². The summed E-state index contributed by atoms with van der Waals surface area (Å²) in [6.45, 7) is 0.791. The van der Waals surface area contributed by atoms with Crippen LogP contribution in [0.1, 0.15) is 17.0 Å². The van der Waals surface area contributed by atoms with Gasteiger partial charge in [-0.3, -0.25) is 0 Å². The molecule has 0 fully saturated rings. The number of hydrogen-bond donors (Lipinski definition) is 1. The minimum absolute atomic E-state index is 0.719. The van der Waals surface area contributed by atoms with Crippen LogP contribution in [-0.4, -0.2) is 24.1 Å². The van der Waals surface area contributed by atoms with E-state index in [-0.39, 0.29) is 0 Å². The minimum Gasteiger partial charge on any atom is -0.497 e. The summed E-state index contributed by atoms with van der Waals surface area (Å²) < 4.78 is 5.19. The van der Waals surface area contributed by atoms with E-state index in [0.29, 0.717) is 0 Å². The van der Waals surface area contributed by atoms with Crippen LogP contribution in [0.3, 0.4) is 0 Å². The van der Waals surface area contributed by atoms with Gasteiger partial charge in [-0.1, -0.05) is 12.1 Å². The SMILES string of the molecule is CNCc1cnc(Cc2cccc(OC)c2)nc1. The maximum atomic E-state index is 5.19. The largest absolute Gasteiger partial charge is 0.497 e. The third-order valence-corrected chi connectivity index (χ3v) is 2.64. The van der Waals surface area contributed by atoms with Crippen LogP contribution in [0.5, 0.6) is 5.75 Å².